The van der Waals surface area contributed by atoms with Gasteiger partial charge in [0.25, 0.3) is 0 Å². The smallest absolute Gasteiger partial charge is 0.232 e. The Morgan fingerprint density at radius 2 is 2.29 bits per heavy atom. The molecule has 4 nitrogen and oxygen atoms in total. The van der Waals surface area contributed by atoms with Crippen molar-refractivity contribution in [2.24, 2.45) is 0 Å². The zero-order valence-electron chi connectivity index (χ0n) is 10.8. The van der Waals surface area contributed by atoms with Gasteiger partial charge in [0.15, 0.2) is 5.82 Å². The van der Waals surface area contributed by atoms with Gasteiger partial charge in [0.1, 0.15) is 0 Å². The van der Waals surface area contributed by atoms with Crippen LogP contribution >= 0.6 is 11.8 Å². The number of hydrogen-bond donors (Lipinski definition) is 1. The maximum atomic E-state index is 5.43. The lowest BCUT2D eigenvalue weighted by atomic mass is 10.0. The van der Waals surface area contributed by atoms with Crippen molar-refractivity contribution >= 4 is 11.8 Å². The van der Waals surface area contributed by atoms with E-state index in [1.54, 1.807) is 0 Å². The number of likely N-dealkylation sites (N-methyl/N-ethyl adjacent to an activating group) is 1. The molecule has 0 amide bonds. The highest BCUT2D eigenvalue weighted by Crippen LogP contribution is 2.32. The molecule has 3 atom stereocenters. The van der Waals surface area contributed by atoms with E-state index >= 15 is 0 Å². The minimum Gasteiger partial charge on any atom is -0.339 e. The second-order valence-electron chi connectivity index (χ2n) is 4.61. The predicted molar refractivity (Wildman–Crippen MR) is 70.5 cm³/mol. The fourth-order valence-corrected chi connectivity index (χ4v) is 3.41. The fourth-order valence-electron chi connectivity index (χ4n) is 2.04. The van der Waals surface area contributed by atoms with E-state index in [2.05, 4.69) is 36.2 Å². The van der Waals surface area contributed by atoms with Crippen molar-refractivity contribution in [3.8, 4) is 0 Å². The van der Waals surface area contributed by atoms with Gasteiger partial charge in [0, 0.05) is 23.5 Å². The Morgan fingerprint density at radius 1 is 1.47 bits per heavy atom. The molecule has 0 aliphatic carbocycles. The first-order valence-corrected chi connectivity index (χ1v) is 7.56. The molecule has 1 saturated heterocycles. The summed E-state index contributed by atoms with van der Waals surface area (Å²) in [6.45, 7) is 7.42. The largest absolute Gasteiger partial charge is 0.339 e. The molecule has 96 valence electrons. The van der Waals surface area contributed by atoms with Crippen LogP contribution in [0.5, 0.6) is 0 Å². The molecule has 2 heterocycles. The summed E-state index contributed by atoms with van der Waals surface area (Å²) in [5, 5.41) is 7.60. The molecule has 0 spiro atoms. The number of thioether (sulfide) groups is 1. The summed E-state index contributed by atoms with van der Waals surface area (Å²) in [7, 11) is 0. The lowest BCUT2D eigenvalue weighted by Gasteiger charge is -2.15. The van der Waals surface area contributed by atoms with Crippen LogP contribution in [0.1, 0.15) is 50.7 Å². The summed E-state index contributed by atoms with van der Waals surface area (Å²) >= 11 is 1.96. The van der Waals surface area contributed by atoms with Crippen molar-refractivity contribution in [1.29, 1.82) is 0 Å². The van der Waals surface area contributed by atoms with Crippen molar-refractivity contribution < 1.29 is 4.52 Å². The summed E-state index contributed by atoms with van der Waals surface area (Å²) in [4.78, 5) is 4.56. The molecule has 2 rings (SSSR count). The minimum atomic E-state index is 0.380. The van der Waals surface area contributed by atoms with Crippen LogP contribution in [0.15, 0.2) is 4.52 Å². The quantitative estimate of drug-likeness (QED) is 0.875. The predicted octanol–water partition coefficient (Wildman–Crippen LogP) is 2.39. The molecule has 0 radical (unpaired) electrons. The van der Waals surface area contributed by atoms with Gasteiger partial charge in [-0.1, -0.05) is 25.9 Å². The van der Waals surface area contributed by atoms with Gasteiger partial charge >= 0.3 is 0 Å². The van der Waals surface area contributed by atoms with Crippen LogP contribution in [0.2, 0.25) is 0 Å². The van der Waals surface area contributed by atoms with Gasteiger partial charge in [0.05, 0.1) is 5.92 Å². The lowest BCUT2D eigenvalue weighted by molar-refractivity contribution is 0.336. The monoisotopic (exact) mass is 255 g/mol. The highest BCUT2D eigenvalue weighted by molar-refractivity contribution is 7.99. The van der Waals surface area contributed by atoms with Crippen LogP contribution in [-0.2, 0) is 0 Å². The molecular weight excluding hydrogens is 234 g/mol. The normalized spacial score (nSPS) is 26.3. The zero-order chi connectivity index (χ0) is 12.3. The van der Waals surface area contributed by atoms with E-state index in [1.165, 1.54) is 0 Å². The van der Waals surface area contributed by atoms with Crippen LogP contribution < -0.4 is 5.32 Å². The molecule has 0 bridgehead atoms. The van der Waals surface area contributed by atoms with E-state index in [4.69, 9.17) is 4.52 Å². The summed E-state index contributed by atoms with van der Waals surface area (Å²) in [5.41, 5.74) is 0. The average Bonchev–Trinajstić information content (AvgIpc) is 2.96. The van der Waals surface area contributed by atoms with E-state index in [9.17, 15) is 0 Å². The molecule has 1 aliphatic rings. The Balaban J connectivity index is 2.08. The van der Waals surface area contributed by atoms with Gasteiger partial charge in [-0.3, -0.25) is 0 Å². The Morgan fingerprint density at radius 3 is 3.00 bits per heavy atom. The van der Waals surface area contributed by atoms with Crippen LogP contribution in [0, 0.1) is 0 Å². The summed E-state index contributed by atoms with van der Waals surface area (Å²) in [6.07, 6.45) is 1.05. The molecule has 1 aromatic rings. The third-order valence-electron chi connectivity index (χ3n) is 3.37. The molecule has 0 saturated carbocycles. The van der Waals surface area contributed by atoms with Gasteiger partial charge in [-0.05, 0) is 13.0 Å². The standard InChI is InChI=1S/C12H21N3OS/c1-4-8(3)11-14-12(16-15-11)9-6-17-7-10(9)13-5-2/h8-10,13H,4-7H2,1-3H3. The Labute approximate surface area is 107 Å². The Bertz CT molecular complexity index is 355. The summed E-state index contributed by atoms with van der Waals surface area (Å²) < 4.78 is 5.43. The van der Waals surface area contributed by atoms with Crippen LogP contribution in [0.4, 0.5) is 0 Å². The van der Waals surface area contributed by atoms with Crippen LogP contribution in [0.25, 0.3) is 0 Å². The molecule has 3 unspecified atom stereocenters. The first kappa shape index (κ1) is 12.9. The van der Waals surface area contributed by atoms with E-state index in [0.29, 0.717) is 17.9 Å². The van der Waals surface area contributed by atoms with Crippen molar-refractivity contribution in [2.75, 3.05) is 18.1 Å². The molecule has 1 N–H and O–H groups in total. The SMILES string of the molecule is CCNC1CSCC1c1nc(C(C)CC)no1. The Kier molecular flexibility index (Phi) is 4.45. The number of aromatic nitrogens is 2. The van der Waals surface area contributed by atoms with Crippen LogP contribution in [-0.4, -0.2) is 34.2 Å². The second-order valence-corrected chi connectivity index (χ2v) is 5.68. The Hall–Kier alpha value is -0.550. The molecule has 1 fully saturated rings. The minimum absolute atomic E-state index is 0.380. The molecular formula is C12H21N3OS. The van der Waals surface area contributed by atoms with Gasteiger partial charge < -0.3 is 9.84 Å². The topological polar surface area (TPSA) is 51.0 Å². The van der Waals surface area contributed by atoms with Crippen molar-refractivity contribution in [2.45, 2.75) is 45.1 Å². The van der Waals surface area contributed by atoms with E-state index in [1.807, 2.05) is 11.8 Å². The fraction of sp³-hybridized carbons (Fsp3) is 0.833. The maximum absolute atomic E-state index is 5.43. The third kappa shape index (κ3) is 2.83. The highest BCUT2D eigenvalue weighted by atomic mass is 32.2. The van der Waals surface area contributed by atoms with E-state index in [0.717, 1.165) is 36.2 Å². The van der Waals surface area contributed by atoms with Crippen LogP contribution in [0.3, 0.4) is 0 Å². The van der Waals surface area contributed by atoms with Crippen molar-refractivity contribution in [3.63, 3.8) is 0 Å². The van der Waals surface area contributed by atoms with E-state index < -0.39 is 0 Å². The summed E-state index contributed by atoms with van der Waals surface area (Å²) in [6, 6.07) is 0.482. The molecule has 5 heteroatoms. The van der Waals surface area contributed by atoms with Gasteiger partial charge in [-0.15, -0.1) is 0 Å². The molecule has 1 aliphatic heterocycles. The van der Waals surface area contributed by atoms with E-state index in [-0.39, 0.29) is 0 Å². The van der Waals surface area contributed by atoms with Gasteiger partial charge in [0.2, 0.25) is 5.89 Å². The van der Waals surface area contributed by atoms with Crippen molar-refractivity contribution in [1.82, 2.24) is 15.5 Å². The first-order valence-electron chi connectivity index (χ1n) is 6.40. The number of nitrogens with zero attached hydrogens (tertiary/aromatic N) is 2. The number of rotatable bonds is 5. The third-order valence-corrected chi connectivity index (χ3v) is 4.56. The first-order chi connectivity index (χ1) is 8.26. The molecule has 0 aromatic carbocycles. The second kappa shape index (κ2) is 5.87. The lowest BCUT2D eigenvalue weighted by Crippen LogP contribution is -2.34. The van der Waals surface area contributed by atoms with Crippen molar-refractivity contribution in [3.05, 3.63) is 11.7 Å². The molecule has 17 heavy (non-hydrogen) atoms. The van der Waals surface area contributed by atoms with Gasteiger partial charge in [-0.2, -0.15) is 16.7 Å². The molecule has 1 aromatic heterocycles. The maximum Gasteiger partial charge on any atom is 0.232 e. The average molecular weight is 255 g/mol. The summed E-state index contributed by atoms with van der Waals surface area (Å²) in [5.74, 6) is 4.66. The van der Waals surface area contributed by atoms with Gasteiger partial charge in [-0.25, -0.2) is 0 Å². The zero-order valence-corrected chi connectivity index (χ0v) is 11.6. The highest BCUT2D eigenvalue weighted by Gasteiger charge is 2.33. The number of nitrogens with one attached hydrogen (secondary N) is 1. The number of hydrogen-bond acceptors (Lipinski definition) is 5.